The molecule has 0 saturated heterocycles. The van der Waals surface area contributed by atoms with E-state index in [0.717, 1.165) is 11.6 Å². The third kappa shape index (κ3) is 5.09. The van der Waals surface area contributed by atoms with Gasteiger partial charge in [-0.05, 0) is 167 Å². The second-order valence-electron chi connectivity index (χ2n) is 22.2. The van der Waals surface area contributed by atoms with Crippen LogP contribution in [0.3, 0.4) is 0 Å². The molecule has 0 amide bonds. The second kappa shape index (κ2) is 14.6. The number of hydrogen-bond acceptors (Lipinski definition) is 1. The van der Waals surface area contributed by atoms with E-state index in [1.165, 1.54) is 143 Å². The van der Waals surface area contributed by atoms with Crippen LogP contribution < -0.4 is 4.90 Å². The Morgan fingerprint density at radius 1 is 0.375 bits per heavy atom. The first kappa shape index (κ1) is 40.7. The predicted molar refractivity (Wildman–Crippen MR) is 298 cm³/mol. The van der Waals surface area contributed by atoms with Gasteiger partial charge in [0.1, 0.15) is 0 Å². The lowest BCUT2D eigenvalue weighted by Crippen LogP contribution is -2.32. The molecule has 3 atom stereocenters. The summed E-state index contributed by atoms with van der Waals surface area (Å²) < 4.78 is 0. The van der Waals surface area contributed by atoms with Gasteiger partial charge >= 0.3 is 0 Å². The summed E-state index contributed by atoms with van der Waals surface area (Å²) in [6.45, 7) is 4.80. The molecule has 72 heavy (non-hydrogen) atoms. The maximum absolute atomic E-state index is 2.63. The number of rotatable bonds is 5. The molecule has 342 valence electrons. The van der Waals surface area contributed by atoms with Gasteiger partial charge in [-0.2, -0.15) is 0 Å². The van der Waals surface area contributed by atoms with Gasteiger partial charge in [-0.3, -0.25) is 0 Å². The molecule has 0 heterocycles. The highest BCUT2D eigenvalue weighted by Gasteiger charge is 2.57. The molecule has 3 unspecified atom stereocenters. The molecule has 1 heteroatoms. The summed E-state index contributed by atoms with van der Waals surface area (Å²) in [5.41, 5.74) is 30.4. The van der Waals surface area contributed by atoms with E-state index in [1.807, 2.05) is 0 Å². The van der Waals surface area contributed by atoms with Crippen molar-refractivity contribution in [3.8, 4) is 66.8 Å². The van der Waals surface area contributed by atoms with Crippen molar-refractivity contribution in [1.82, 2.24) is 0 Å². The third-order valence-electron chi connectivity index (χ3n) is 18.8. The van der Waals surface area contributed by atoms with Gasteiger partial charge in [0.2, 0.25) is 0 Å². The summed E-state index contributed by atoms with van der Waals surface area (Å²) in [7, 11) is 0. The molecule has 0 N–H and O–H groups in total. The first-order chi connectivity index (χ1) is 35.5. The Bertz CT molecular complexity index is 3900. The van der Waals surface area contributed by atoms with Gasteiger partial charge in [-0.15, -0.1) is 0 Å². The van der Waals surface area contributed by atoms with E-state index >= 15 is 0 Å². The van der Waals surface area contributed by atoms with E-state index in [9.17, 15) is 0 Å². The van der Waals surface area contributed by atoms with Crippen LogP contribution in [0.4, 0.5) is 17.1 Å². The zero-order valence-electron chi connectivity index (χ0n) is 40.8. The van der Waals surface area contributed by atoms with Gasteiger partial charge in [0.25, 0.3) is 0 Å². The average Bonchev–Trinajstić information content (AvgIpc) is 4.28. The number of anilines is 3. The SMILES string of the molecule is CC1(C)c2ccccc2-c2cccc(-c3ccccc3-c3ccc(N(c4ccc5c(c4)C4(CC6CCC4C6)c4ccccc4-5)c4cccc5c4-c4ccccc4C54c5ccccc5-c5ccccc54)cc3)c21. The van der Waals surface area contributed by atoms with Crippen LogP contribution in [0.2, 0.25) is 0 Å². The standard InChI is InChI=1S/C71H53N/c1-69(2)59-26-10-5-22-54(59)57-25-15-24-56(68(57)69)50-18-4-3-17-49(50)45-34-37-47(38-35-45)72(48-39-40-55-51-19-6-11-27-60(51)70(65(55)42-48)43-44-33-36-46(70)41-44)66-32-16-31-64-67(66)58-23-9-14-30-63(58)71(64)61-28-12-7-20-52(61)53-21-8-13-29-62(53)71/h3-32,34-35,37-40,42,44,46H,33,36,41,43H2,1-2H3. The zero-order chi connectivity index (χ0) is 47.5. The number of benzene rings is 10. The molecule has 0 aliphatic heterocycles. The molecular formula is C71H53N. The Morgan fingerprint density at radius 3 is 1.51 bits per heavy atom. The fourth-order valence-electron chi connectivity index (χ4n) is 16.1. The normalized spacial score (nSPS) is 19.9. The van der Waals surface area contributed by atoms with Gasteiger partial charge in [-0.25, -0.2) is 0 Å². The summed E-state index contributed by atoms with van der Waals surface area (Å²) >= 11 is 0. The molecule has 2 bridgehead atoms. The first-order valence-electron chi connectivity index (χ1n) is 26.4. The Morgan fingerprint density at radius 2 is 0.861 bits per heavy atom. The largest absolute Gasteiger partial charge is 0.310 e. The lowest BCUT2D eigenvalue weighted by atomic mass is 9.67. The predicted octanol–water partition coefficient (Wildman–Crippen LogP) is 18.2. The monoisotopic (exact) mass is 919 g/mol. The molecule has 0 aromatic heterocycles. The minimum Gasteiger partial charge on any atom is -0.310 e. The topological polar surface area (TPSA) is 3.24 Å². The molecule has 6 aliphatic carbocycles. The van der Waals surface area contributed by atoms with E-state index in [1.54, 1.807) is 5.56 Å². The van der Waals surface area contributed by atoms with Crippen molar-refractivity contribution in [2.45, 2.75) is 55.8 Å². The van der Waals surface area contributed by atoms with Gasteiger partial charge < -0.3 is 4.90 Å². The third-order valence-corrected chi connectivity index (χ3v) is 18.8. The van der Waals surface area contributed by atoms with Crippen LogP contribution >= 0.6 is 0 Å². The molecule has 2 spiro atoms. The van der Waals surface area contributed by atoms with Crippen molar-refractivity contribution < 1.29 is 0 Å². The summed E-state index contributed by atoms with van der Waals surface area (Å²) in [5.74, 6) is 1.47. The van der Waals surface area contributed by atoms with E-state index < -0.39 is 5.41 Å². The molecule has 2 fully saturated rings. The van der Waals surface area contributed by atoms with Crippen LogP contribution in [0.15, 0.2) is 224 Å². The van der Waals surface area contributed by atoms with E-state index in [4.69, 9.17) is 0 Å². The van der Waals surface area contributed by atoms with Gasteiger partial charge in [0.15, 0.2) is 0 Å². The minimum atomic E-state index is -0.436. The molecular weight excluding hydrogens is 867 g/mol. The number of fused-ring (bicyclic) bond motifs is 21. The highest BCUT2D eigenvalue weighted by atomic mass is 15.1. The van der Waals surface area contributed by atoms with E-state index in [-0.39, 0.29) is 10.8 Å². The molecule has 0 radical (unpaired) electrons. The fraction of sp³-hybridized carbons (Fsp3) is 0.155. The van der Waals surface area contributed by atoms with Crippen LogP contribution in [0.1, 0.15) is 84.0 Å². The Kier molecular flexibility index (Phi) is 8.23. The van der Waals surface area contributed by atoms with Crippen molar-refractivity contribution in [1.29, 1.82) is 0 Å². The molecule has 10 aromatic carbocycles. The van der Waals surface area contributed by atoms with Gasteiger partial charge in [0.05, 0.1) is 11.1 Å². The van der Waals surface area contributed by atoms with E-state index in [2.05, 4.69) is 243 Å². The molecule has 16 rings (SSSR count). The number of nitrogens with zero attached hydrogens (tertiary/aromatic N) is 1. The van der Waals surface area contributed by atoms with Crippen molar-refractivity contribution in [3.63, 3.8) is 0 Å². The molecule has 1 nitrogen and oxygen atoms in total. The second-order valence-corrected chi connectivity index (χ2v) is 22.2. The first-order valence-corrected chi connectivity index (χ1v) is 26.4. The highest BCUT2D eigenvalue weighted by Crippen LogP contribution is 2.68. The zero-order valence-corrected chi connectivity index (χ0v) is 40.8. The minimum absolute atomic E-state index is 0.0597. The smallest absolute Gasteiger partial charge is 0.0726 e. The maximum atomic E-state index is 2.63. The highest BCUT2D eigenvalue weighted by molar-refractivity contribution is 6.02. The van der Waals surface area contributed by atoms with Crippen molar-refractivity contribution in [3.05, 3.63) is 269 Å². The Hall–Kier alpha value is -8.00. The van der Waals surface area contributed by atoms with Crippen LogP contribution in [-0.4, -0.2) is 0 Å². The van der Waals surface area contributed by atoms with E-state index in [0.29, 0.717) is 5.92 Å². The Balaban J connectivity index is 0.908. The van der Waals surface area contributed by atoms with Crippen LogP contribution in [-0.2, 0) is 16.2 Å². The summed E-state index contributed by atoms with van der Waals surface area (Å²) in [4.78, 5) is 2.62. The Labute approximate surface area is 423 Å². The van der Waals surface area contributed by atoms with Gasteiger partial charge in [-0.1, -0.05) is 214 Å². The quantitative estimate of drug-likeness (QED) is 0.166. The number of hydrogen-bond donors (Lipinski definition) is 0. The fourth-order valence-corrected chi connectivity index (χ4v) is 16.1. The van der Waals surface area contributed by atoms with Crippen molar-refractivity contribution >= 4 is 17.1 Å². The summed E-state index contributed by atoms with van der Waals surface area (Å²) in [5, 5.41) is 0. The lowest BCUT2D eigenvalue weighted by molar-refractivity contribution is 0.327. The van der Waals surface area contributed by atoms with Crippen LogP contribution in [0.25, 0.3) is 66.8 Å². The van der Waals surface area contributed by atoms with Gasteiger partial charge in [0, 0.05) is 27.8 Å². The molecule has 2 saturated carbocycles. The lowest BCUT2D eigenvalue weighted by Gasteiger charge is -2.37. The van der Waals surface area contributed by atoms with Crippen LogP contribution in [0, 0.1) is 11.8 Å². The van der Waals surface area contributed by atoms with Crippen LogP contribution in [0.5, 0.6) is 0 Å². The molecule has 10 aromatic rings. The van der Waals surface area contributed by atoms with Crippen molar-refractivity contribution in [2.24, 2.45) is 11.8 Å². The maximum Gasteiger partial charge on any atom is 0.0726 e. The molecule has 6 aliphatic rings. The average molecular weight is 920 g/mol. The van der Waals surface area contributed by atoms with Crippen molar-refractivity contribution in [2.75, 3.05) is 4.90 Å². The summed E-state index contributed by atoms with van der Waals surface area (Å²) in [6, 6.07) is 86.2. The summed E-state index contributed by atoms with van der Waals surface area (Å²) in [6.07, 6.45) is 5.28.